The van der Waals surface area contributed by atoms with Gasteiger partial charge in [-0.3, -0.25) is 5.01 Å². The number of allylic oxidation sites excluding steroid dienone is 3. The van der Waals surface area contributed by atoms with Crippen molar-refractivity contribution in [2.45, 2.75) is 19.4 Å². The van der Waals surface area contributed by atoms with Crippen LogP contribution in [0.3, 0.4) is 0 Å². The van der Waals surface area contributed by atoms with Crippen LogP contribution < -0.4 is 5.43 Å². The Labute approximate surface area is 136 Å². The molecule has 0 amide bonds. The number of carboxylic acids is 1. The molecule has 2 heterocycles. The van der Waals surface area contributed by atoms with Gasteiger partial charge in [0.15, 0.2) is 0 Å². The monoisotopic (exact) mass is 308 g/mol. The van der Waals surface area contributed by atoms with Crippen molar-refractivity contribution in [2.75, 3.05) is 0 Å². The van der Waals surface area contributed by atoms with Gasteiger partial charge in [0.05, 0.1) is 16.8 Å². The maximum absolute atomic E-state index is 11.1. The molecule has 0 radical (unpaired) electrons. The van der Waals surface area contributed by atoms with Crippen LogP contribution in [-0.4, -0.2) is 21.6 Å². The number of carboxylic acid groups (broad SMARTS) is 1. The van der Waals surface area contributed by atoms with Gasteiger partial charge in [0.1, 0.15) is 0 Å². The Hall–Kier alpha value is -2.59. The molecule has 118 valence electrons. The predicted molar refractivity (Wildman–Crippen MR) is 91.3 cm³/mol. The number of carbonyl (C=O) groups is 1. The molecule has 0 aliphatic carbocycles. The molecule has 1 unspecified atom stereocenters. The zero-order chi connectivity index (χ0) is 16.4. The van der Waals surface area contributed by atoms with E-state index in [-0.39, 0.29) is 5.54 Å². The van der Waals surface area contributed by atoms with Crippen LogP contribution in [-0.2, 0) is 0 Å². The highest BCUT2D eigenvalue weighted by Gasteiger charge is 2.36. The Morgan fingerprint density at radius 2 is 2.17 bits per heavy atom. The van der Waals surface area contributed by atoms with Gasteiger partial charge in [-0.25, -0.2) is 10.2 Å². The maximum atomic E-state index is 11.1. The first-order chi connectivity index (χ1) is 11.0. The van der Waals surface area contributed by atoms with E-state index in [4.69, 9.17) is 5.11 Å². The topological polar surface area (TPSA) is 52.6 Å². The Bertz CT molecular complexity index is 743. The molecule has 1 atom stereocenters. The van der Waals surface area contributed by atoms with Crippen molar-refractivity contribution in [3.8, 4) is 0 Å². The number of hydrogen-bond donors (Lipinski definition) is 2. The SMILES string of the molecule is CC(C)C1(/C=C/c2cccc(C(=O)O)c2)C=C2C=CC=CN2N1. The van der Waals surface area contributed by atoms with Crippen molar-refractivity contribution >= 4 is 12.0 Å². The number of fused-ring (bicyclic) bond motifs is 1. The number of rotatable bonds is 4. The van der Waals surface area contributed by atoms with Gasteiger partial charge in [-0.2, -0.15) is 0 Å². The molecule has 2 aliphatic heterocycles. The lowest BCUT2D eigenvalue weighted by atomic mass is 9.86. The molecule has 4 nitrogen and oxygen atoms in total. The highest BCUT2D eigenvalue weighted by molar-refractivity contribution is 5.88. The van der Waals surface area contributed by atoms with E-state index in [1.54, 1.807) is 18.2 Å². The highest BCUT2D eigenvalue weighted by Crippen LogP contribution is 2.32. The van der Waals surface area contributed by atoms with Gasteiger partial charge in [-0.05, 0) is 41.8 Å². The average molecular weight is 308 g/mol. The van der Waals surface area contributed by atoms with E-state index in [9.17, 15) is 4.79 Å². The van der Waals surface area contributed by atoms with Gasteiger partial charge in [0.2, 0.25) is 0 Å². The second kappa shape index (κ2) is 5.89. The summed E-state index contributed by atoms with van der Waals surface area (Å²) in [4.78, 5) is 11.1. The Kier molecular flexibility index (Phi) is 3.92. The van der Waals surface area contributed by atoms with E-state index in [1.807, 2.05) is 35.5 Å². The minimum absolute atomic E-state index is 0.298. The molecule has 1 aromatic carbocycles. The maximum Gasteiger partial charge on any atom is 0.335 e. The number of benzene rings is 1. The van der Waals surface area contributed by atoms with Gasteiger partial charge in [0, 0.05) is 6.20 Å². The standard InChI is InChI=1S/C19H20N2O2/c1-14(2)19(13-17-8-3-4-11-21(17)20-19)10-9-15-6-5-7-16(12-15)18(22)23/h3-14,20H,1-2H3,(H,22,23)/b10-9+. The van der Waals surface area contributed by atoms with Gasteiger partial charge in [0.25, 0.3) is 0 Å². The van der Waals surface area contributed by atoms with E-state index in [2.05, 4.69) is 37.5 Å². The summed E-state index contributed by atoms with van der Waals surface area (Å²) in [7, 11) is 0. The fourth-order valence-electron chi connectivity index (χ4n) is 2.74. The first kappa shape index (κ1) is 15.3. The minimum atomic E-state index is -0.910. The molecule has 0 saturated heterocycles. The molecule has 0 saturated carbocycles. The van der Waals surface area contributed by atoms with Crippen LogP contribution >= 0.6 is 0 Å². The van der Waals surface area contributed by atoms with Crippen molar-refractivity contribution < 1.29 is 9.90 Å². The summed E-state index contributed by atoms with van der Waals surface area (Å²) in [5.41, 5.74) is 5.50. The van der Waals surface area contributed by atoms with Crippen LogP contribution in [0.25, 0.3) is 6.08 Å². The zero-order valence-corrected chi connectivity index (χ0v) is 13.2. The normalized spacial score (nSPS) is 22.7. The second-order valence-electron chi connectivity index (χ2n) is 6.10. The van der Waals surface area contributed by atoms with Crippen molar-refractivity contribution in [2.24, 2.45) is 5.92 Å². The fraction of sp³-hybridized carbons (Fsp3) is 0.211. The largest absolute Gasteiger partial charge is 0.478 e. The van der Waals surface area contributed by atoms with Crippen LogP contribution in [0, 0.1) is 5.92 Å². The van der Waals surface area contributed by atoms with Crippen LogP contribution in [0.15, 0.2) is 66.5 Å². The van der Waals surface area contributed by atoms with Crippen molar-refractivity contribution in [1.29, 1.82) is 0 Å². The molecule has 2 aliphatic rings. The van der Waals surface area contributed by atoms with Gasteiger partial charge < -0.3 is 5.11 Å². The molecule has 1 aromatic rings. The fourth-order valence-corrected chi connectivity index (χ4v) is 2.74. The lowest BCUT2D eigenvalue weighted by molar-refractivity contribution is 0.0697. The number of hydrogen-bond acceptors (Lipinski definition) is 3. The summed E-state index contributed by atoms with van der Waals surface area (Å²) in [6, 6.07) is 6.96. The van der Waals surface area contributed by atoms with Crippen LogP contribution in [0.5, 0.6) is 0 Å². The molecule has 0 aromatic heterocycles. The third-order valence-electron chi connectivity index (χ3n) is 4.23. The average Bonchev–Trinajstić information content (AvgIpc) is 2.93. The summed E-state index contributed by atoms with van der Waals surface area (Å²) in [5.74, 6) is -0.575. The molecular formula is C19H20N2O2. The third-order valence-corrected chi connectivity index (χ3v) is 4.23. The van der Waals surface area contributed by atoms with Crippen molar-refractivity contribution in [3.63, 3.8) is 0 Å². The summed E-state index contributed by atoms with van der Waals surface area (Å²) in [6.45, 7) is 4.32. The van der Waals surface area contributed by atoms with Crippen LogP contribution in [0.2, 0.25) is 0 Å². The summed E-state index contributed by atoms with van der Waals surface area (Å²) in [5, 5.41) is 11.1. The van der Waals surface area contributed by atoms with Gasteiger partial charge >= 0.3 is 5.97 Å². The minimum Gasteiger partial charge on any atom is -0.478 e. The molecule has 3 rings (SSSR count). The predicted octanol–water partition coefficient (Wildman–Crippen LogP) is 3.58. The smallest absolute Gasteiger partial charge is 0.335 e. The molecule has 0 fully saturated rings. The Morgan fingerprint density at radius 1 is 1.35 bits per heavy atom. The first-order valence-electron chi connectivity index (χ1n) is 7.67. The number of nitrogens with zero attached hydrogens (tertiary/aromatic N) is 1. The van der Waals surface area contributed by atoms with E-state index in [1.165, 1.54) is 0 Å². The lowest BCUT2D eigenvalue weighted by Crippen LogP contribution is -2.47. The van der Waals surface area contributed by atoms with Gasteiger partial charge in [-0.15, -0.1) is 0 Å². The molecule has 2 N–H and O–H groups in total. The molecule has 23 heavy (non-hydrogen) atoms. The number of nitrogens with one attached hydrogen (secondary N) is 1. The number of hydrazine groups is 1. The van der Waals surface area contributed by atoms with Gasteiger partial charge in [-0.1, -0.05) is 44.2 Å². The quantitative estimate of drug-likeness (QED) is 0.892. The molecule has 4 heteroatoms. The van der Waals surface area contributed by atoms with E-state index >= 15 is 0 Å². The summed E-state index contributed by atoms with van der Waals surface area (Å²) >= 11 is 0. The van der Waals surface area contributed by atoms with E-state index in [0.29, 0.717) is 11.5 Å². The lowest BCUT2D eigenvalue weighted by Gasteiger charge is -2.31. The van der Waals surface area contributed by atoms with Crippen LogP contribution in [0.4, 0.5) is 0 Å². The van der Waals surface area contributed by atoms with Crippen LogP contribution in [0.1, 0.15) is 29.8 Å². The molecule has 0 spiro atoms. The summed E-state index contributed by atoms with van der Waals surface area (Å²) < 4.78 is 0. The highest BCUT2D eigenvalue weighted by atomic mass is 16.4. The zero-order valence-electron chi connectivity index (χ0n) is 13.2. The Balaban J connectivity index is 1.91. The first-order valence-corrected chi connectivity index (χ1v) is 7.67. The summed E-state index contributed by atoms with van der Waals surface area (Å²) in [6.07, 6.45) is 14.3. The third kappa shape index (κ3) is 2.98. The molecular weight excluding hydrogens is 288 g/mol. The van der Waals surface area contributed by atoms with E-state index in [0.717, 1.165) is 11.3 Å². The molecule has 0 bridgehead atoms. The number of aromatic carboxylic acids is 1. The van der Waals surface area contributed by atoms with Crippen molar-refractivity contribution in [1.82, 2.24) is 10.4 Å². The van der Waals surface area contributed by atoms with E-state index < -0.39 is 5.97 Å². The Morgan fingerprint density at radius 3 is 2.87 bits per heavy atom. The van der Waals surface area contributed by atoms with Crippen molar-refractivity contribution in [3.05, 3.63) is 77.7 Å². The second-order valence-corrected chi connectivity index (χ2v) is 6.10.